The lowest BCUT2D eigenvalue weighted by Crippen LogP contribution is -2.23. The molecule has 2 aromatic rings. The zero-order valence-electron chi connectivity index (χ0n) is 12.9. The second-order valence-electron chi connectivity index (χ2n) is 5.57. The summed E-state index contributed by atoms with van der Waals surface area (Å²) in [5.41, 5.74) is 2.54. The van der Waals surface area contributed by atoms with E-state index in [1.165, 1.54) is 17.7 Å². The highest BCUT2D eigenvalue weighted by Gasteiger charge is 2.10. The van der Waals surface area contributed by atoms with Gasteiger partial charge in [0.1, 0.15) is 5.82 Å². The third-order valence-corrected chi connectivity index (χ3v) is 4.02. The van der Waals surface area contributed by atoms with Crippen LogP contribution in [0, 0.1) is 5.82 Å². The molecule has 0 saturated carbocycles. The first-order valence-electron chi connectivity index (χ1n) is 7.74. The van der Waals surface area contributed by atoms with E-state index in [4.69, 9.17) is 0 Å². The van der Waals surface area contributed by atoms with E-state index >= 15 is 0 Å². The molecule has 112 valence electrons. The molecule has 0 aliphatic rings. The third-order valence-electron chi connectivity index (χ3n) is 4.02. The minimum Gasteiger partial charge on any atom is -0.310 e. The van der Waals surface area contributed by atoms with Gasteiger partial charge in [0.25, 0.3) is 0 Å². The van der Waals surface area contributed by atoms with Crippen LogP contribution in [0.1, 0.15) is 49.8 Å². The first kappa shape index (κ1) is 15.7. The summed E-state index contributed by atoms with van der Waals surface area (Å²) in [4.78, 5) is 0. The summed E-state index contributed by atoms with van der Waals surface area (Å²) in [7, 11) is 0. The molecule has 0 spiro atoms. The van der Waals surface area contributed by atoms with Crippen LogP contribution in [0.25, 0.3) is 0 Å². The maximum atomic E-state index is 13.0. The quantitative estimate of drug-likeness (QED) is 0.749. The number of hydrogen-bond donors (Lipinski definition) is 1. The van der Waals surface area contributed by atoms with Gasteiger partial charge in [-0.05, 0) is 48.6 Å². The maximum Gasteiger partial charge on any atom is 0.123 e. The Hall–Kier alpha value is -1.67. The van der Waals surface area contributed by atoms with Gasteiger partial charge in [0.2, 0.25) is 0 Å². The van der Waals surface area contributed by atoms with E-state index in [1.54, 1.807) is 0 Å². The average molecular weight is 285 g/mol. The molecule has 2 aromatic carbocycles. The van der Waals surface area contributed by atoms with Crippen LogP contribution >= 0.6 is 0 Å². The Kier molecular flexibility index (Phi) is 5.94. The van der Waals surface area contributed by atoms with E-state index in [2.05, 4.69) is 49.5 Å². The molecule has 0 aromatic heterocycles. The average Bonchev–Trinajstić information content (AvgIpc) is 2.53. The summed E-state index contributed by atoms with van der Waals surface area (Å²) >= 11 is 0. The van der Waals surface area contributed by atoms with Crippen molar-refractivity contribution in [3.05, 3.63) is 71.5 Å². The molecule has 2 heteroatoms. The van der Waals surface area contributed by atoms with Crippen LogP contribution in [0.15, 0.2) is 54.6 Å². The van der Waals surface area contributed by atoms with Crippen molar-refractivity contribution in [1.29, 1.82) is 0 Å². The van der Waals surface area contributed by atoms with Crippen molar-refractivity contribution in [2.45, 2.75) is 38.6 Å². The SMILES string of the molecule is CCC(NCCC(C)c1ccccc1)c1ccc(F)cc1. The Morgan fingerprint density at radius 1 is 0.952 bits per heavy atom. The largest absolute Gasteiger partial charge is 0.310 e. The van der Waals surface area contributed by atoms with Crippen LogP contribution in [0.3, 0.4) is 0 Å². The van der Waals surface area contributed by atoms with Gasteiger partial charge in [0.05, 0.1) is 0 Å². The van der Waals surface area contributed by atoms with Crippen LogP contribution in [-0.4, -0.2) is 6.54 Å². The van der Waals surface area contributed by atoms with E-state index in [-0.39, 0.29) is 5.82 Å². The summed E-state index contributed by atoms with van der Waals surface area (Å²) in [6.07, 6.45) is 2.10. The first-order chi connectivity index (χ1) is 10.2. The van der Waals surface area contributed by atoms with Crippen molar-refractivity contribution in [1.82, 2.24) is 5.32 Å². The van der Waals surface area contributed by atoms with Crippen LogP contribution in [0.4, 0.5) is 4.39 Å². The highest BCUT2D eigenvalue weighted by atomic mass is 19.1. The molecular formula is C19H24FN. The molecule has 0 radical (unpaired) electrons. The second kappa shape index (κ2) is 7.94. The molecule has 0 aliphatic carbocycles. The summed E-state index contributed by atoms with van der Waals surface area (Å²) in [6, 6.07) is 17.7. The van der Waals surface area contributed by atoms with Crippen molar-refractivity contribution in [3.8, 4) is 0 Å². The smallest absolute Gasteiger partial charge is 0.123 e. The number of hydrogen-bond acceptors (Lipinski definition) is 1. The third kappa shape index (κ3) is 4.68. The lowest BCUT2D eigenvalue weighted by atomic mass is 9.97. The number of nitrogens with one attached hydrogen (secondary N) is 1. The Morgan fingerprint density at radius 2 is 1.62 bits per heavy atom. The van der Waals surface area contributed by atoms with Gasteiger partial charge in [-0.25, -0.2) is 4.39 Å². The molecule has 0 heterocycles. The van der Waals surface area contributed by atoms with E-state index in [1.807, 2.05) is 12.1 Å². The molecule has 1 N–H and O–H groups in total. The number of halogens is 1. The lowest BCUT2D eigenvalue weighted by molar-refractivity contribution is 0.492. The Bertz CT molecular complexity index is 521. The predicted octanol–water partition coefficient (Wildman–Crippen LogP) is 5.06. The Balaban J connectivity index is 1.85. The minimum absolute atomic E-state index is 0.175. The minimum atomic E-state index is -0.175. The zero-order valence-corrected chi connectivity index (χ0v) is 12.9. The van der Waals surface area contributed by atoms with E-state index in [0.29, 0.717) is 12.0 Å². The highest BCUT2D eigenvalue weighted by molar-refractivity contribution is 5.20. The summed E-state index contributed by atoms with van der Waals surface area (Å²) in [6.45, 7) is 5.38. The molecule has 2 rings (SSSR count). The van der Waals surface area contributed by atoms with Gasteiger partial charge < -0.3 is 5.32 Å². The van der Waals surface area contributed by atoms with E-state index < -0.39 is 0 Å². The van der Waals surface area contributed by atoms with Gasteiger partial charge in [-0.15, -0.1) is 0 Å². The fourth-order valence-electron chi connectivity index (χ4n) is 2.62. The Labute approximate surface area is 127 Å². The topological polar surface area (TPSA) is 12.0 Å². The fraction of sp³-hybridized carbons (Fsp3) is 0.368. The molecule has 0 amide bonds. The van der Waals surface area contributed by atoms with Crippen molar-refractivity contribution < 1.29 is 4.39 Å². The summed E-state index contributed by atoms with van der Waals surface area (Å²) in [5.74, 6) is 0.371. The van der Waals surface area contributed by atoms with E-state index in [9.17, 15) is 4.39 Å². The van der Waals surface area contributed by atoms with Crippen LogP contribution < -0.4 is 5.32 Å². The van der Waals surface area contributed by atoms with Gasteiger partial charge in [-0.2, -0.15) is 0 Å². The molecule has 21 heavy (non-hydrogen) atoms. The Morgan fingerprint density at radius 3 is 2.24 bits per heavy atom. The fourth-order valence-corrected chi connectivity index (χ4v) is 2.62. The van der Waals surface area contributed by atoms with Gasteiger partial charge in [-0.1, -0.05) is 56.3 Å². The first-order valence-corrected chi connectivity index (χ1v) is 7.74. The highest BCUT2D eigenvalue weighted by Crippen LogP contribution is 2.20. The monoisotopic (exact) mass is 285 g/mol. The molecule has 2 atom stereocenters. The molecule has 2 unspecified atom stereocenters. The molecule has 0 saturated heterocycles. The molecular weight excluding hydrogens is 261 g/mol. The van der Waals surface area contributed by atoms with Crippen molar-refractivity contribution in [2.75, 3.05) is 6.54 Å². The zero-order chi connectivity index (χ0) is 15.1. The predicted molar refractivity (Wildman–Crippen MR) is 86.9 cm³/mol. The molecule has 0 aliphatic heterocycles. The van der Waals surface area contributed by atoms with Crippen molar-refractivity contribution >= 4 is 0 Å². The normalized spacial score (nSPS) is 13.9. The van der Waals surface area contributed by atoms with Crippen LogP contribution in [0.2, 0.25) is 0 Å². The molecule has 0 fully saturated rings. The maximum absolute atomic E-state index is 13.0. The second-order valence-corrected chi connectivity index (χ2v) is 5.57. The summed E-state index contributed by atoms with van der Waals surface area (Å²) in [5, 5.41) is 3.58. The van der Waals surface area contributed by atoms with Gasteiger partial charge in [-0.3, -0.25) is 0 Å². The van der Waals surface area contributed by atoms with Crippen molar-refractivity contribution in [2.24, 2.45) is 0 Å². The molecule has 1 nitrogen and oxygen atoms in total. The van der Waals surface area contributed by atoms with Gasteiger partial charge in [0, 0.05) is 6.04 Å². The van der Waals surface area contributed by atoms with E-state index in [0.717, 1.165) is 24.9 Å². The van der Waals surface area contributed by atoms with Gasteiger partial charge in [0.15, 0.2) is 0 Å². The standard InChI is InChI=1S/C19H24FN/c1-3-19(17-9-11-18(20)12-10-17)21-14-13-15(2)16-7-5-4-6-8-16/h4-12,15,19,21H,3,13-14H2,1-2H3. The van der Waals surface area contributed by atoms with Crippen LogP contribution in [0.5, 0.6) is 0 Å². The summed E-state index contributed by atoms with van der Waals surface area (Å²) < 4.78 is 13.0. The van der Waals surface area contributed by atoms with Crippen molar-refractivity contribution in [3.63, 3.8) is 0 Å². The van der Waals surface area contributed by atoms with Crippen LogP contribution in [-0.2, 0) is 0 Å². The number of benzene rings is 2. The lowest BCUT2D eigenvalue weighted by Gasteiger charge is -2.19. The molecule has 0 bridgehead atoms. The number of rotatable bonds is 7. The van der Waals surface area contributed by atoms with Gasteiger partial charge >= 0.3 is 0 Å².